The zero-order valence-electron chi connectivity index (χ0n) is 33.5. The summed E-state index contributed by atoms with van der Waals surface area (Å²) in [7, 11) is 1.23. The standard InChI is InChI=1S/C47H50N4O8/c1-29(2)37(43(54)58-3)48-46(57)50-35-22-14-13-21-34(35)47(45(50)56)36(42(53)49-27-15-5-4-6-16-28-49)39-44(55)59-40(31-19-11-8-12-20-31)38(30-17-9-7-10-18-30)51(39)41(47)32-23-25-33(52)26-24-32/h7-14,17-26,29,36-41,52H,4-6,15-16,27-28H2,1-3H3,(H,48,57)/t36-,37-,38-,39-,40+,41+,47-/m0/s1. The van der Waals surface area contributed by atoms with Crippen LogP contribution in [0.5, 0.6) is 5.75 Å². The molecule has 306 valence electrons. The summed E-state index contributed by atoms with van der Waals surface area (Å²) in [6.07, 6.45) is 3.60. The maximum atomic E-state index is 16.2. The first-order valence-corrected chi connectivity index (χ1v) is 20.6. The van der Waals surface area contributed by atoms with Crippen molar-refractivity contribution >= 4 is 35.5 Å². The Balaban J connectivity index is 1.42. The van der Waals surface area contributed by atoms with Gasteiger partial charge in [-0.05, 0) is 59.2 Å². The van der Waals surface area contributed by atoms with Gasteiger partial charge < -0.3 is 24.8 Å². The summed E-state index contributed by atoms with van der Waals surface area (Å²) in [4.78, 5) is 79.6. The molecule has 59 heavy (non-hydrogen) atoms. The molecule has 4 aromatic carbocycles. The normalized spacial score (nSPS) is 26.1. The van der Waals surface area contributed by atoms with E-state index in [1.807, 2.05) is 65.6 Å². The Labute approximate surface area is 344 Å². The molecule has 3 fully saturated rings. The average molecular weight is 799 g/mol. The third-order valence-corrected chi connectivity index (χ3v) is 12.6. The Bertz CT molecular complexity index is 2210. The molecule has 0 aromatic heterocycles. The fourth-order valence-corrected chi connectivity index (χ4v) is 9.99. The van der Waals surface area contributed by atoms with Crippen LogP contribution >= 0.6 is 0 Å². The summed E-state index contributed by atoms with van der Waals surface area (Å²) in [5.74, 6) is -4.17. The predicted molar refractivity (Wildman–Crippen MR) is 219 cm³/mol. The molecule has 0 bridgehead atoms. The molecule has 4 amide bonds. The Morgan fingerprint density at radius 1 is 0.763 bits per heavy atom. The van der Waals surface area contributed by atoms with Crippen molar-refractivity contribution in [3.63, 3.8) is 0 Å². The number of morpholine rings is 1. The zero-order chi connectivity index (χ0) is 41.4. The predicted octanol–water partition coefficient (Wildman–Crippen LogP) is 6.76. The number of urea groups is 1. The van der Waals surface area contributed by atoms with E-state index in [1.54, 1.807) is 55.1 Å². The number of likely N-dealkylation sites (tertiary alicyclic amines) is 1. The van der Waals surface area contributed by atoms with E-state index in [0.29, 0.717) is 24.2 Å². The van der Waals surface area contributed by atoms with Gasteiger partial charge in [-0.1, -0.05) is 124 Å². The number of hydrogen-bond donors (Lipinski definition) is 2. The number of phenols is 1. The number of carbonyl (C=O) groups excluding carboxylic acids is 5. The molecule has 4 aliphatic rings. The fourth-order valence-electron chi connectivity index (χ4n) is 9.99. The molecule has 7 atom stereocenters. The van der Waals surface area contributed by atoms with Gasteiger partial charge in [0.2, 0.25) is 11.8 Å². The number of cyclic esters (lactones) is 1. The molecular weight excluding hydrogens is 749 g/mol. The van der Waals surface area contributed by atoms with Crippen LogP contribution in [0.2, 0.25) is 0 Å². The number of carbonyl (C=O) groups is 5. The van der Waals surface area contributed by atoms with E-state index in [-0.39, 0.29) is 17.3 Å². The number of amides is 4. The molecule has 2 N–H and O–H groups in total. The Hall–Kier alpha value is -6.01. The van der Waals surface area contributed by atoms with E-state index in [9.17, 15) is 14.7 Å². The number of fused-ring (bicyclic) bond motifs is 3. The topological polar surface area (TPSA) is 146 Å². The average Bonchev–Trinajstić information content (AvgIpc) is 3.69. The molecule has 8 rings (SSSR count). The van der Waals surface area contributed by atoms with E-state index in [0.717, 1.165) is 48.1 Å². The first-order chi connectivity index (χ1) is 28.6. The Morgan fingerprint density at radius 2 is 1.36 bits per heavy atom. The third-order valence-electron chi connectivity index (χ3n) is 12.6. The molecule has 0 radical (unpaired) electrons. The molecule has 12 nitrogen and oxygen atoms in total. The second-order valence-electron chi connectivity index (χ2n) is 16.3. The van der Waals surface area contributed by atoms with Gasteiger partial charge in [0.25, 0.3) is 0 Å². The van der Waals surface area contributed by atoms with Crippen LogP contribution in [0.3, 0.4) is 0 Å². The largest absolute Gasteiger partial charge is 0.508 e. The summed E-state index contributed by atoms with van der Waals surface area (Å²) < 4.78 is 11.6. The molecule has 1 spiro atoms. The lowest BCUT2D eigenvalue weighted by molar-refractivity contribution is -0.179. The first-order valence-electron chi connectivity index (χ1n) is 20.6. The van der Waals surface area contributed by atoms with Crippen molar-refractivity contribution in [3.05, 3.63) is 131 Å². The number of aromatic hydroxyl groups is 1. The number of benzene rings is 4. The highest BCUT2D eigenvalue weighted by Gasteiger charge is 2.76. The number of rotatable bonds is 7. The molecule has 0 unspecified atom stereocenters. The van der Waals surface area contributed by atoms with Crippen LogP contribution in [-0.4, -0.2) is 77.0 Å². The minimum absolute atomic E-state index is 0.00730. The number of para-hydroxylation sites is 1. The van der Waals surface area contributed by atoms with E-state index >= 15 is 14.4 Å². The van der Waals surface area contributed by atoms with Gasteiger partial charge in [0.15, 0.2) is 0 Å². The van der Waals surface area contributed by atoms with Crippen molar-refractivity contribution in [3.8, 4) is 5.75 Å². The molecule has 0 aliphatic carbocycles. The van der Waals surface area contributed by atoms with Crippen LogP contribution in [0.1, 0.15) is 86.4 Å². The summed E-state index contributed by atoms with van der Waals surface area (Å²) in [5.41, 5.74) is 0.827. The highest BCUT2D eigenvalue weighted by Crippen LogP contribution is 2.66. The van der Waals surface area contributed by atoms with Crippen molar-refractivity contribution in [2.24, 2.45) is 11.8 Å². The van der Waals surface area contributed by atoms with Crippen LogP contribution < -0.4 is 10.2 Å². The molecule has 3 saturated heterocycles. The smallest absolute Gasteiger partial charge is 0.329 e. The summed E-state index contributed by atoms with van der Waals surface area (Å²) >= 11 is 0. The maximum Gasteiger partial charge on any atom is 0.329 e. The van der Waals surface area contributed by atoms with Crippen LogP contribution in [0.4, 0.5) is 10.5 Å². The van der Waals surface area contributed by atoms with Gasteiger partial charge in [0.1, 0.15) is 29.4 Å². The number of nitrogens with zero attached hydrogens (tertiary/aromatic N) is 3. The van der Waals surface area contributed by atoms with Gasteiger partial charge in [-0.15, -0.1) is 0 Å². The number of ether oxygens (including phenoxy) is 2. The summed E-state index contributed by atoms with van der Waals surface area (Å²) in [6, 6.07) is 27.4. The Kier molecular flexibility index (Phi) is 11.0. The molecule has 4 heterocycles. The second-order valence-corrected chi connectivity index (χ2v) is 16.3. The number of esters is 2. The van der Waals surface area contributed by atoms with Crippen LogP contribution in [0.15, 0.2) is 109 Å². The van der Waals surface area contributed by atoms with E-state index in [4.69, 9.17) is 9.47 Å². The number of phenolic OH excluding ortho intramolecular Hbond substituents is 1. The number of nitrogens with one attached hydrogen (secondary N) is 1. The highest BCUT2D eigenvalue weighted by molar-refractivity contribution is 6.25. The van der Waals surface area contributed by atoms with Gasteiger partial charge in [0, 0.05) is 13.1 Å². The molecule has 0 saturated carbocycles. The van der Waals surface area contributed by atoms with Gasteiger partial charge >= 0.3 is 18.0 Å². The van der Waals surface area contributed by atoms with Crippen molar-refractivity contribution in [1.29, 1.82) is 0 Å². The van der Waals surface area contributed by atoms with Gasteiger partial charge in [-0.2, -0.15) is 0 Å². The van der Waals surface area contributed by atoms with Crippen LogP contribution in [-0.2, 0) is 34.1 Å². The third kappa shape index (κ3) is 6.73. The zero-order valence-corrected chi connectivity index (χ0v) is 33.5. The van der Waals surface area contributed by atoms with Gasteiger partial charge in [-0.25, -0.2) is 14.5 Å². The summed E-state index contributed by atoms with van der Waals surface area (Å²) in [6.45, 7) is 4.41. The van der Waals surface area contributed by atoms with E-state index in [1.165, 1.54) is 19.2 Å². The minimum atomic E-state index is -1.88. The highest BCUT2D eigenvalue weighted by atomic mass is 16.6. The lowest BCUT2D eigenvalue weighted by Gasteiger charge is -2.46. The SMILES string of the molecule is COC(=O)[C@@H](NC(=O)N1C(=O)[C@@]2(c3ccccc31)[C@H](C(=O)N1CCCCCCC1)[C@H]1C(=O)O[C@H](c3ccccc3)[C@H](c3ccccc3)N1[C@@H]2c1ccc(O)cc1)C(C)C. The minimum Gasteiger partial charge on any atom is -0.508 e. The van der Waals surface area contributed by atoms with Crippen molar-refractivity contribution in [1.82, 2.24) is 15.1 Å². The lowest BCUT2D eigenvalue weighted by Crippen LogP contribution is -2.58. The molecular formula is C47H50N4O8. The van der Waals surface area contributed by atoms with E-state index in [2.05, 4.69) is 5.32 Å². The van der Waals surface area contributed by atoms with Gasteiger partial charge in [0.05, 0.1) is 30.8 Å². The van der Waals surface area contributed by atoms with Crippen molar-refractivity contribution in [2.75, 3.05) is 25.1 Å². The van der Waals surface area contributed by atoms with Crippen LogP contribution in [0, 0.1) is 11.8 Å². The maximum absolute atomic E-state index is 16.2. The first kappa shape index (κ1) is 39.8. The quantitative estimate of drug-likeness (QED) is 0.194. The monoisotopic (exact) mass is 798 g/mol. The van der Waals surface area contributed by atoms with E-state index < -0.39 is 71.4 Å². The number of hydrogen-bond acceptors (Lipinski definition) is 9. The Morgan fingerprint density at radius 3 is 1.98 bits per heavy atom. The van der Waals surface area contributed by atoms with Gasteiger partial charge in [-0.3, -0.25) is 19.3 Å². The lowest BCUT2D eigenvalue weighted by atomic mass is 9.65. The fraction of sp³-hybridized carbons (Fsp3) is 0.383. The van der Waals surface area contributed by atoms with Crippen molar-refractivity contribution in [2.45, 2.75) is 81.6 Å². The summed E-state index contributed by atoms with van der Waals surface area (Å²) in [5, 5.41) is 13.4. The molecule has 12 heteroatoms. The number of imide groups is 1. The number of anilines is 1. The van der Waals surface area contributed by atoms with Crippen LogP contribution in [0.25, 0.3) is 0 Å². The van der Waals surface area contributed by atoms with Crippen molar-refractivity contribution < 1.29 is 38.6 Å². The second kappa shape index (κ2) is 16.3. The molecule has 4 aliphatic heterocycles. The molecule has 4 aromatic rings. The number of methoxy groups -OCH3 is 1.